The second kappa shape index (κ2) is 7.77. The maximum atomic E-state index is 13.3. The first-order valence-electron chi connectivity index (χ1n) is 7.85. The van der Waals surface area contributed by atoms with Crippen molar-refractivity contribution < 1.29 is 9.18 Å². The van der Waals surface area contributed by atoms with E-state index in [1.165, 1.54) is 18.2 Å². The molecule has 0 atom stereocenters. The Bertz CT molecular complexity index is 785. The molecule has 130 valence electrons. The molecule has 0 radical (unpaired) electrons. The highest BCUT2D eigenvalue weighted by Crippen LogP contribution is 2.22. The average molecular weight is 354 g/mol. The monoisotopic (exact) mass is 353 g/mol. The Balaban J connectivity index is 0.00000208. The summed E-state index contributed by atoms with van der Waals surface area (Å²) in [6.45, 7) is 2.32. The fraction of sp³-hybridized carbons (Fsp3) is 0.412. The van der Waals surface area contributed by atoms with E-state index in [2.05, 4.69) is 10.3 Å². The topological polar surface area (TPSA) is 65.2 Å². The molecule has 0 bridgehead atoms. The van der Waals surface area contributed by atoms with E-state index in [-0.39, 0.29) is 18.3 Å². The number of benzene rings is 1. The van der Waals surface area contributed by atoms with E-state index in [0.29, 0.717) is 35.5 Å². The van der Waals surface area contributed by atoms with Gasteiger partial charge in [-0.25, -0.2) is 4.39 Å². The minimum absolute atomic E-state index is 0. The molecule has 1 saturated heterocycles. The fourth-order valence-corrected chi connectivity index (χ4v) is 3.21. The molecule has 0 saturated carbocycles. The van der Waals surface area contributed by atoms with Crippen LogP contribution >= 0.6 is 12.4 Å². The molecular weight excluding hydrogens is 333 g/mol. The normalized spacial score (nSPS) is 15.3. The quantitative estimate of drug-likeness (QED) is 0.888. The van der Waals surface area contributed by atoms with Gasteiger partial charge in [-0.05, 0) is 50.6 Å². The Morgan fingerprint density at radius 3 is 2.71 bits per heavy atom. The van der Waals surface area contributed by atoms with E-state index in [0.717, 1.165) is 19.4 Å². The number of likely N-dealkylation sites (tertiary alicyclic amines) is 1. The molecule has 24 heavy (non-hydrogen) atoms. The van der Waals surface area contributed by atoms with Crippen LogP contribution in [0.2, 0.25) is 0 Å². The maximum Gasteiger partial charge on any atom is 0.254 e. The van der Waals surface area contributed by atoms with E-state index < -0.39 is 11.4 Å². The fourth-order valence-electron chi connectivity index (χ4n) is 3.21. The van der Waals surface area contributed by atoms with Crippen LogP contribution in [-0.2, 0) is 0 Å². The lowest BCUT2D eigenvalue weighted by Crippen LogP contribution is -2.40. The van der Waals surface area contributed by atoms with Gasteiger partial charge >= 0.3 is 0 Å². The van der Waals surface area contributed by atoms with E-state index in [1.54, 1.807) is 11.0 Å². The van der Waals surface area contributed by atoms with Crippen molar-refractivity contribution in [3.8, 4) is 0 Å². The molecule has 1 aromatic carbocycles. The van der Waals surface area contributed by atoms with Crippen LogP contribution in [0.3, 0.4) is 0 Å². The van der Waals surface area contributed by atoms with Gasteiger partial charge in [0.25, 0.3) is 5.91 Å². The number of carbonyl (C=O) groups excluding carboxylic acids is 1. The zero-order valence-electron chi connectivity index (χ0n) is 13.5. The van der Waals surface area contributed by atoms with Gasteiger partial charge in [-0.15, -0.1) is 12.4 Å². The predicted molar refractivity (Wildman–Crippen MR) is 94.3 cm³/mol. The van der Waals surface area contributed by atoms with Crippen molar-refractivity contribution in [3.05, 3.63) is 46.0 Å². The standard InChI is InChI=1S/C17H20FN3O2.ClH/c1-19-10-11-4-6-21(7-5-11)17(23)14-9-16(22)20-15-8-12(18)2-3-13(14)15;/h2-3,8-9,11,19H,4-7,10H2,1H3,(H,20,22);1H. The number of hydrogen-bond donors (Lipinski definition) is 2. The predicted octanol–water partition coefficient (Wildman–Crippen LogP) is 2.16. The summed E-state index contributed by atoms with van der Waals surface area (Å²) < 4.78 is 13.3. The van der Waals surface area contributed by atoms with Crippen molar-refractivity contribution in [1.82, 2.24) is 15.2 Å². The van der Waals surface area contributed by atoms with Gasteiger partial charge < -0.3 is 15.2 Å². The molecule has 5 nitrogen and oxygen atoms in total. The highest BCUT2D eigenvalue weighted by molar-refractivity contribution is 6.06. The lowest BCUT2D eigenvalue weighted by atomic mass is 9.96. The van der Waals surface area contributed by atoms with E-state index in [9.17, 15) is 14.0 Å². The second-order valence-electron chi connectivity index (χ2n) is 6.03. The zero-order chi connectivity index (χ0) is 16.4. The molecular formula is C17H21ClFN3O2. The summed E-state index contributed by atoms with van der Waals surface area (Å²) in [4.78, 5) is 28.9. The van der Waals surface area contributed by atoms with Crippen LogP contribution < -0.4 is 10.9 Å². The summed E-state index contributed by atoms with van der Waals surface area (Å²) in [5.41, 5.74) is 0.304. The molecule has 0 spiro atoms. The Morgan fingerprint density at radius 1 is 1.33 bits per heavy atom. The number of halogens is 2. The van der Waals surface area contributed by atoms with Gasteiger partial charge in [-0.2, -0.15) is 0 Å². The van der Waals surface area contributed by atoms with Crippen LogP contribution in [-0.4, -0.2) is 42.5 Å². The Hall–Kier alpha value is -1.92. The molecule has 2 N–H and O–H groups in total. The molecule has 1 fully saturated rings. The van der Waals surface area contributed by atoms with Crippen molar-refractivity contribution in [3.63, 3.8) is 0 Å². The largest absolute Gasteiger partial charge is 0.339 e. The first kappa shape index (κ1) is 18.4. The van der Waals surface area contributed by atoms with E-state index in [4.69, 9.17) is 0 Å². The molecule has 1 amide bonds. The Labute approximate surface area is 145 Å². The van der Waals surface area contributed by atoms with Crippen molar-refractivity contribution in [1.29, 1.82) is 0 Å². The molecule has 2 heterocycles. The highest BCUT2D eigenvalue weighted by Gasteiger charge is 2.24. The third-order valence-electron chi connectivity index (χ3n) is 4.43. The molecule has 7 heteroatoms. The van der Waals surface area contributed by atoms with Crippen molar-refractivity contribution >= 4 is 29.2 Å². The summed E-state index contributed by atoms with van der Waals surface area (Å²) in [7, 11) is 1.93. The summed E-state index contributed by atoms with van der Waals surface area (Å²) in [6.07, 6.45) is 1.89. The maximum absolute atomic E-state index is 13.3. The van der Waals surface area contributed by atoms with Crippen LogP contribution in [0.4, 0.5) is 4.39 Å². The number of aromatic amines is 1. The van der Waals surface area contributed by atoms with Gasteiger partial charge in [-0.1, -0.05) is 0 Å². The van der Waals surface area contributed by atoms with Crippen molar-refractivity contribution in [2.75, 3.05) is 26.7 Å². The number of H-pyrrole nitrogens is 1. The summed E-state index contributed by atoms with van der Waals surface area (Å²) in [6, 6.07) is 5.40. The number of nitrogens with zero attached hydrogens (tertiary/aromatic N) is 1. The van der Waals surface area contributed by atoms with Gasteiger partial charge in [0.2, 0.25) is 5.56 Å². The van der Waals surface area contributed by atoms with Gasteiger partial charge in [0.05, 0.1) is 11.1 Å². The number of amides is 1. The lowest BCUT2D eigenvalue weighted by Gasteiger charge is -2.32. The number of piperidine rings is 1. The minimum Gasteiger partial charge on any atom is -0.339 e. The average Bonchev–Trinajstić information content (AvgIpc) is 2.54. The highest BCUT2D eigenvalue weighted by atomic mass is 35.5. The van der Waals surface area contributed by atoms with Crippen LogP contribution in [0.25, 0.3) is 10.9 Å². The van der Waals surface area contributed by atoms with Gasteiger partial charge in [0.15, 0.2) is 0 Å². The lowest BCUT2D eigenvalue weighted by molar-refractivity contribution is 0.0692. The van der Waals surface area contributed by atoms with Crippen LogP contribution in [0.5, 0.6) is 0 Å². The second-order valence-corrected chi connectivity index (χ2v) is 6.03. The molecule has 0 aliphatic carbocycles. The number of aromatic nitrogens is 1. The van der Waals surface area contributed by atoms with Crippen molar-refractivity contribution in [2.24, 2.45) is 5.92 Å². The molecule has 3 rings (SSSR count). The molecule has 1 aliphatic heterocycles. The Kier molecular flexibility index (Phi) is 5.96. The third kappa shape index (κ3) is 3.76. The van der Waals surface area contributed by atoms with Crippen LogP contribution in [0, 0.1) is 11.7 Å². The summed E-state index contributed by atoms with van der Waals surface area (Å²) >= 11 is 0. The Morgan fingerprint density at radius 2 is 2.04 bits per heavy atom. The minimum atomic E-state index is -0.439. The van der Waals surface area contributed by atoms with E-state index >= 15 is 0 Å². The smallest absolute Gasteiger partial charge is 0.254 e. The molecule has 1 aliphatic rings. The van der Waals surface area contributed by atoms with Crippen molar-refractivity contribution in [2.45, 2.75) is 12.8 Å². The van der Waals surface area contributed by atoms with Crippen LogP contribution in [0.15, 0.2) is 29.1 Å². The molecule has 1 aromatic heterocycles. The first-order chi connectivity index (χ1) is 11.1. The number of rotatable bonds is 3. The molecule has 0 unspecified atom stereocenters. The van der Waals surface area contributed by atoms with Crippen LogP contribution in [0.1, 0.15) is 23.2 Å². The summed E-state index contributed by atoms with van der Waals surface area (Å²) in [5, 5.41) is 3.74. The SMILES string of the molecule is CNCC1CCN(C(=O)c2cc(=O)[nH]c3cc(F)ccc23)CC1.Cl. The van der Waals surface area contributed by atoms with E-state index in [1.807, 2.05) is 7.05 Å². The zero-order valence-corrected chi connectivity index (χ0v) is 14.3. The first-order valence-corrected chi connectivity index (χ1v) is 7.85. The number of carbonyl (C=O) groups is 1. The van der Waals surface area contributed by atoms with Gasteiger partial charge in [0.1, 0.15) is 5.82 Å². The number of fused-ring (bicyclic) bond motifs is 1. The molecule has 2 aromatic rings. The number of hydrogen-bond acceptors (Lipinski definition) is 3. The summed E-state index contributed by atoms with van der Waals surface area (Å²) in [5.74, 6) is -0.0182. The van der Waals surface area contributed by atoms with Gasteiger partial charge in [-0.3, -0.25) is 9.59 Å². The number of pyridine rings is 1. The number of nitrogens with one attached hydrogen (secondary N) is 2. The third-order valence-corrected chi connectivity index (χ3v) is 4.43. The van der Waals surface area contributed by atoms with Gasteiger partial charge in [0, 0.05) is 24.5 Å².